The van der Waals surface area contributed by atoms with Gasteiger partial charge in [0, 0.05) is 10.8 Å². The van der Waals surface area contributed by atoms with Gasteiger partial charge in [-0.3, -0.25) is 4.79 Å². The Bertz CT molecular complexity index is 443. The maximum absolute atomic E-state index is 12.0. The first-order chi connectivity index (χ1) is 10.2. The van der Waals surface area contributed by atoms with Crippen molar-refractivity contribution < 1.29 is 19.0 Å². The summed E-state index contributed by atoms with van der Waals surface area (Å²) in [6.45, 7) is 4.38. The summed E-state index contributed by atoms with van der Waals surface area (Å²) in [5.74, 6) is 1.12. The molecule has 2 unspecified atom stereocenters. The van der Waals surface area contributed by atoms with Gasteiger partial charge in [-0.2, -0.15) is 0 Å². The Labute approximate surface area is 130 Å². The van der Waals surface area contributed by atoms with Crippen LogP contribution < -0.4 is 9.47 Å². The zero-order chi connectivity index (χ0) is 15.1. The van der Waals surface area contributed by atoms with Crippen molar-refractivity contribution in [1.29, 1.82) is 0 Å². The zero-order valence-corrected chi connectivity index (χ0v) is 13.6. The number of thiophene rings is 1. The molecule has 0 aromatic carbocycles. The molecule has 0 saturated heterocycles. The first-order valence-electron chi connectivity index (χ1n) is 7.76. The Morgan fingerprint density at radius 1 is 1.33 bits per heavy atom. The molecule has 21 heavy (non-hydrogen) atoms. The van der Waals surface area contributed by atoms with E-state index in [1.165, 1.54) is 37.0 Å². The molecule has 0 spiro atoms. The van der Waals surface area contributed by atoms with E-state index in [1.54, 1.807) is 0 Å². The largest absolute Gasteiger partial charge is 0.481 e. The Balaban J connectivity index is 1.67. The van der Waals surface area contributed by atoms with Gasteiger partial charge < -0.3 is 14.2 Å². The van der Waals surface area contributed by atoms with Crippen LogP contribution >= 0.6 is 11.3 Å². The van der Waals surface area contributed by atoms with Crippen molar-refractivity contribution in [3.63, 3.8) is 0 Å². The minimum atomic E-state index is -0.623. The summed E-state index contributed by atoms with van der Waals surface area (Å²) in [6, 6.07) is 0. The van der Waals surface area contributed by atoms with Crippen molar-refractivity contribution in [2.45, 2.75) is 58.7 Å². The average molecular weight is 312 g/mol. The minimum Gasteiger partial charge on any atom is -0.481 e. The molecular weight excluding hydrogens is 288 g/mol. The second-order valence-electron chi connectivity index (χ2n) is 5.50. The van der Waals surface area contributed by atoms with Gasteiger partial charge in [-0.25, -0.2) is 0 Å². The summed E-state index contributed by atoms with van der Waals surface area (Å²) >= 11 is 1.51. The summed E-state index contributed by atoms with van der Waals surface area (Å²) in [5.41, 5.74) is 0. The van der Waals surface area contributed by atoms with Gasteiger partial charge in [0.25, 0.3) is 6.29 Å². The van der Waals surface area contributed by atoms with Gasteiger partial charge in [-0.1, -0.05) is 46.0 Å². The summed E-state index contributed by atoms with van der Waals surface area (Å²) in [6.07, 6.45) is 6.27. The second kappa shape index (κ2) is 8.27. The molecule has 118 valence electrons. The van der Waals surface area contributed by atoms with E-state index in [1.807, 2.05) is 17.7 Å². The number of hydrogen-bond acceptors (Lipinski definition) is 5. The molecule has 2 heterocycles. The van der Waals surface area contributed by atoms with Gasteiger partial charge in [-0.05, 0) is 6.42 Å². The van der Waals surface area contributed by atoms with Crippen molar-refractivity contribution >= 4 is 17.3 Å². The second-order valence-corrected chi connectivity index (χ2v) is 6.24. The first-order valence-corrected chi connectivity index (χ1v) is 8.71. The number of carbonyl (C=O) groups is 1. The molecule has 0 fully saturated rings. The van der Waals surface area contributed by atoms with Crippen molar-refractivity contribution in [2.75, 3.05) is 6.61 Å². The fourth-order valence-electron chi connectivity index (χ4n) is 2.27. The van der Waals surface area contributed by atoms with E-state index in [2.05, 4.69) is 6.92 Å². The number of hydrogen-bond donors (Lipinski definition) is 0. The van der Waals surface area contributed by atoms with E-state index >= 15 is 0 Å². The molecule has 2 atom stereocenters. The zero-order valence-electron chi connectivity index (χ0n) is 12.8. The standard InChI is InChI=1S/C16H24O4S/c1-3-4-5-6-7-8-12(2)16(17)20-15-9-18-13-10-21-11-14(13)19-15/h10-12,15H,3-9H2,1-2H3. The van der Waals surface area contributed by atoms with Crippen LogP contribution in [0, 0.1) is 5.92 Å². The molecule has 0 N–H and O–H groups in total. The van der Waals surface area contributed by atoms with Crippen LogP contribution in [0.5, 0.6) is 11.5 Å². The topological polar surface area (TPSA) is 44.8 Å². The van der Waals surface area contributed by atoms with Gasteiger partial charge in [0.05, 0.1) is 5.92 Å². The van der Waals surface area contributed by atoms with Crippen LogP contribution in [-0.4, -0.2) is 18.9 Å². The Hall–Kier alpha value is -1.23. The molecule has 4 nitrogen and oxygen atoms in total. The number of fused-ring (bicyclic) bond motifs is 1. The molecule has 5 heteroatoms. The third-order valence-corrected chi connectivity index (χ3v) is 4.32. The molecule has 0 bridgehead atoms. The summed E-state index contributed by atoms with van der Waals surface area (Å²) in [5, 5.41) is 3.73. The Morgan fingerprint density at radius 2 is 2.10 bits per heavy atom. The molecule has 1 aliphatic heterocycles. The molecule has 0 radical (unpaired) electrons. The van der Waals surface area contributed by atoms with E-state index in [0.717, 1.165) is 18.6 Å². The predicted octanol–water partition coefficient (Wildman–Crippen LogP) is 4.39. The van der Waals surface area contributed by atoms with Crippen LogP contribution in [0.2, 0.25) is 0 Å². The highest BCUT2D eigenvalue weighted by molar-refractivity contribution is 7.08. The molecule has 1 aromatic rings. The maximum atomic E-state index is 12.0. The summed E-state index contributed by atoms with van der Waals surface area (Å²) < 4.78 is 16.5. The molecular formula is C16H24O4S. The van der Waals surface area contributed by atoms with E-state index < -0.39 is 6.29 Å². The highest BCUT2D eigenvalue weighted by Gasteiger charge is 2.26. The van der Waals surface area contributed by atoms with Crippen LogP contribution in [0.25, 0.3) is 0 Å². The van der Waals surface area contributed by atoms with E-state index in [0.29, 0.717) is 5.75 Å². The van der Waals surface area contributed by atoms with E-state index in [-0.39, 0.29) is 18.5 Å². The predicted molar refractivity (Wildman–Crippen MR) is 82.9 cm³/mol. The molecule has 1 aromatic heterocycles. The number of esters is 1. The molecule has 0 amide bonds. The fourth-order valence-corrected chi connectivity index (χ4v) is 2.95. The lowest BCUT2D eigenvalue weighted by Gasteiger charge is -2.25. The van der Waals surface area contributed by atoms with Crippen LogP contribution in [0.15, 0.2) is 10.8 Å². The highest BCUT2D eigenvalue weighted by atomic mass is 32.1. The molecule has 0 aliphatic carbocycles. The number of rotatable bonds is 8. The lowest BCUT2D eigenvalue weighted by atomic mass is 10.0. The van der Waals surface area contributed by atoms with Crippen molar-refractivity contribution in [2.24, 2.45) is 5.92 Å². The molecule has 1 aliphatic rings. The summed E-state index contributed by atoms with van der Waals surface area (Å²) in [7, 11) is 0. The van der Waals surface area contributed by atoms with Crippen LogP contribution in [0.4, 0.5) is 0 Å². The van der Waals surface area contributed by atoms with Crippen LogP contribution in [-0.2, 0) is 9.53 Å². The lowest BCUT2D eigenvalue weighted by molar-refractivity contribution is -0.175. The van der Waals surface area contributed by atoms with Crippen molar-refractivity contribution in [1.82, 2.24) is 0 Å². The SMILES string of the molecule is CCCCCCCC(C)C(=O)OC1COc2cscc2O1. The van der Waals surface area contributed by atoms with E-state index in [9.17, 15) is 4.79 Å². The maximum Gasteiger partial charge on any atom is 0.311 e. The monoisotopic (exact) mass is 312 g/mol. The van der Waals surface area contributed by atoms with Crippen molar-refractivity contribution in [3.05, 3.63) is 10.8 Å². The minimum absolute atomic E-state index is 0.0842. The van der Waals surface area contributed by atoms with Gasteiger partial charge in [-0.15, -0.1) is 11.3 Å². The highest BCUT2D eigenvalue weighted by Crippen LogP contribution is 2.35. The number of unbranched alkanes of at least 4 members (excludes halogenated alkanes) is 4. The van der Waals surface area contributed by atoms with Gasteiger partial charge >= 0.3 is 5.97 Å². The van der Waals surface area contributed by atoms with Crippen molar-refractivity contribution in [3.8, 4) is 11.5 Å². The van der Waals surface area contributed by atoms with E-state index in [4.69, 9.17) is 14.2 Å². The Morgan fingerprint density at radius 3 is 2.90 bits per heavy atom. The first kappa shape index (κ1) is 16.1. The summed E-state index contributed by atoms with van der Waals surface area (Å²) in [4.78, 5) is 12.0. The lowest BCUT2D eigenvalue weighted by Crippen LogP contribution is -2.35. The Kier molecular flexibility index (Phi) is 6.36. The number of ether oxygens (including phenoxy) is 3. The normalized spacial score (nSPS) is 18.3. The molecule has 0 saturated carbocycles. The van der Waals surface area contributed by atoms with Gasteiger partial charge in [0.15, 0.2) is 18.1 Å². The smallest absolute Gasteiger partial charge is 0.311 e. The quantitative estimate of drug-likeness (QED) is 0.527. The number of carbonyl (C=O) groups excluding carboxylic acids is 1. The van der Waals surface area contributed by atoms with Gasteiger partial charge in [0.1, 0.15) is 0 Å². The van der Waals surface area contributed by atoms with Crippen LogP contribution in [0.1, 0.15) is 52.4 Å². The third kappa shape index (κ3) is 4.92. The third-order valence-electron chi connectivity index (χ3n) is 3.62. The van der Waals surface area contributed by atoms with Gasteiger partial charge in [0.2, 0.25) is 0 Å². The average Bonchev–Trinajstić information content (AvgIpc) is 2.94. The molecule has 2 rings (SSSR count). The fraction of sp³-hybridized carbons (Fsp3) is 0.688. The van der Waals surface area contributed by atoms with Crippen LogP contribution in [0.3, 0.4) is 0 Å².